The van der Waals surface area contributed by atoms with Crippen molar-refractivity contribution in [2.75, 3.05) is 59.1 Å². The van der Waals surface area contributed by atoms with Crippen LogP contribution >= 0.6 is 0 Å². The summed E-state index contributed by atoms with van der Waals surface area (Å²) in [4.78, 5) is 19.4. The van der Waals surface area contributed by atoms with Gasteiger partial charge < -0.3 is 30.8 Å². The molecule has 0 bridgehead atoms. The normalized spacial score (nSPS) is 12.7. The maximum atomic E-state index is 12.8. The second kappa shape index (κ2) is 11.0. The second-order valence-corrected chi connectivity index (χ2v) is 8.32. The Labute approximate surface area is 200 Å². The number of hydrogen-bond acceptors (Lipinski definition) is 9. The predicted octanol–water partition coefficient (Wildman–Crippen LogP) is -0.746. The minimum atomic E-state index is -0.324. The van der Waals surface area contributed by atoms with Crippen molar-refractivity contribution in [3.05, 3.63) is 39.8 Å². The van der Waals surface area contributed by atoms with E-state index in [-0.39, 0.29) is 47.5 Å². The molecular weight excluding hydrogens is 454 g/mol. The molecule has 0 atom stereocenters. The zero-order chi connectivity index (χ0) is 24.9. The highest BCUT2D eigenvalue weighted by molar-refractivity contribution is 6.23. The molecule has 7 N–H and O–H groups in total. The molecule has 0 spiro atoms. The van der Waals surface area contributed by atoms with E-state index in [1.54, 1.807) is 6.07 Å². The molecule has 0 radical (unpaired) electrons. The molecule has 0 saturated heterocycles. The monoisotopic (exact) mass is 485 g/mol. The van der Waals surface area contributed by atoms with Gasteiger partial charge in [0.2, 0.25) is 0 Å². The molecule has 188 valence electrons. The number of hydrogen-bond donors (Lipinski definition) is 7. The van der Waals surface area contributed by atoms with E-state index < -0.39 is 0 Å². The summed E-state index contributed by atoms with van der Waals surface area (Å²) in [7, 11) is 0. The van der Waals surface area contributed by atoms with Crippen LogP contribution in [0.25, 0.3) is 32.6 Å². The molecule has 0 amide bonds. The van der Waals surface area contributed by atoms with E-state index in [2.05, 4.69) is 15.4 Å². The quantitative estimate of drug-likeness (QED) is 0.102. The van der Waals surface area contributed by atoms with Crippen LogP contribution in [0.15, 0.2) is 34.1 Å². The largest absolute Gasteiger partial charge is 0.507 e. The van der Waals surface area contributed by atoms with Crippen LogP contribution in [0.2, 0.25) is 0 Å². The highest BCUT2D eigenvalue weighted by Gasteiger charge is 2.22. The number of aromatic nitrogens is 2. The van der Waals surface area contributed by atoms with Crippen molar-refractivity contribution in [3.63, 3.8) is 0 Å². The lowest BCUT2D eigenvalue weighted by molar-refractivity contribution is 0.164. The lowest BCUT2D eigenvalue weighted by Crippen LogP contribution is -2.32. The Balaban J connectivity index is 1.89. The lowest BCUT2D eigenvalue weighted by Gasteiger charge is -2.18. The van der Waals surface area contributed by atoms with Gasteiger partial charge in [0.15, 0.2) is 5.43 Å². The molecule has 4 rings (SSSR count). The molecule has 0 saturated carbocycles. The van der Waals surface area contributed by atoms with Crippen LogP contribution in [-0.2, 0) is 6.54 Å². The number of aromatic amines is 1. The Morgan fingerprint density at radius 2 is 1.66 bits per heavy atom. The van der Waals surface area contributed by atoms with Gasteiger partial charge >= 0.3 is 0 Å². The first-order chi connectivity index (χ1) is 17.0. The third kappa shape index (κ3) is 4.81. The number of phenols is 2. The number of nitrogens with zero attached hydrogens (tertiary/aromatic N) is 3. The van der Waals surface area contributed by atoms with Gasteiger partial charge in [-0.1, -0.05) is 0 Å². The molecular formula is C24H31N5O6. The number of H-pyrrole nitrogens is 1. The molecule has 11 nitrogen and oxygen atoms in total. The van der Waals surface area contributed by atoms with Crippen LogP contribution in [0.1, 0.15) is 0 Å². The number of benzene rings is 3. The predicted molar refractivity (Wildman–Crippen MR) is 133 cm³/mol. The number of phenolic OH excluding ortho intramolecular Hbond substituents is 2. The van der Waals surface area contributed by atoms with Crippen molar-refractivity contribution in [1.29, 1.82) is 0 Å². The van der Waals surface area contributed by atoms with Gasteiger partial charge in [0, 0.05) is 38.1 Å². The number of aliphatic hydroxyl groups is 3. The molecule has 1 aromatic heterocycles. The van der Waals surface area contributed by atoms with Crippen molar-refractivity contribution < 1.29 is 25.5 Å². The average Bonchev–Trinajstić information content (AvgIpc) is 3.21. The molecule has 0 unspecified atom stereocenters. The summed E-state index contributed by atoms with van der Waals surface area (Å²) < 4.78 is 1.86. The van der Waals surface area contributed by atoms with Crippen molar-refractivity contribution in [2.24, 2.45) is 4.99 Å². The Bertz CT molecular complexity index is 1420. The molecule has 4 aromatic rings. The zero-order valence-electron chi connectivity index (χ0n) is 19.4. The van der Waals surface area contributed by atoms with E-state index in [4.69, 9.17) is 5.11 Å². The van der Waals surface area contributed by atoms with E-state index in [1.165, 1.54) is 12.1 Å². The van der Waals surface area contributed by atoms with Gasteiger partial charge in [0.1, 0.15) is 11.5 Å². The summed E-state index contributed by atoms with van der Waals surface area (Å²) in [5.74, 6) is -0.410. The Kier molecular flexibility index (Phi) is 7.83. The van der Waals surface area contributed by atoms with Crippen LogP contribution < -0.4 is 16.1 Å². The van der Waals surface area contributed by atoms with E-state index >= 15 is 0 Å². The highest BCUT2D eigenvalue weighted by Crippen LogP contribution is 2.41. The summed E-state index contributed by atoms with van der Waals surface area (Å²) in [5.41, 5.74) is 0.946. The summed E-state index contributed by atoms with van der Waals surface area (Å²) in [6, 6.07) is 6.21. The number of aromatic hydroxyl groups is 2. The van der Waals surface area contributed by atoms with Crippen LogP contribution in [-0.4, -0.2) is 99.3 Å². The Morgan fingerprint density at radius 3 is 2.37 bits per heavy atom. The summed E-state index contributed by atoms with van der Waals surface area (Å²) in [6.07, 6.45) is 0. The van der Waals surface area contributed by atoms with Gasteiger partial charge in [0.25, 0.3) is 0 Å². The molecule has 0 aliphatic rings. The molecule has 0 aliphatic heterocycles. The summed E-state index contributed by atoms with van der Waals surface area (Å²) in [5, 5.41) is 57.5. The first kappa shape index (κ1) is 24.9. The van der Waals surface area contributed by atoms with E-state index in [1.807, 2.05) is 15.6 Å². The Hall–Kier alpha value is -3.22. The minimum absolute atomic E-state index is 0.0272. The molecule has 3 aromatic carbocycles. The first-order valence-corrected chi connectivity index (χ1v) is 11.6. The molecule has 35 heavy (non-hydrogen) atoms. The number of fused-ring (bicyclic) bond motifs is 2. The first-order valence-electron chi connectivity index (χ1n) is 11.6. The van der Waals surface area contributed by atoms with Gasteiger partial charge in [-0.15, -0.1) is 0 Å². The van der Waals surface area contributed by atoms with E-state index in [0.717, 1.165) is 5.52 Å². The maximum absolute atomic E-state index is 12.8. The fourth-order valence-electron chi connectivity index (χ4n) is 4.55. The van der Waals surface area contributed by atoms with Gasteiger partial charge in [-0.2, -0.15) is 0 Å². The lowest BCUT2D eigenvalue weighted by atomic mass is 9.99. The SMILES string of the molecule is O=c1ccc(O)c2c(O)c3c(=NCCN(CCO)CCO)ccc4c3c([nH]n4CCNCCO)c12. The van der Waals surface area contributed by atoms with Crippen molar-refractivity contribution >= 4 is 32.6 Å². The van der Waals surface area contributed by atoms with Crippen LogP contribution in [0.4, 0.5) is 0 Å². The minimum Gasteiger partial charge on any atom is -0.507 e. The Morgan fingerprint density at radius 1 is 0.886 bits per heavy atom. The number of rotatable bonds is 12. The maximum Gasteiger partial charge on any atom is 0.189 e. The highest BCUT2D eigenvalue weighted by atomic mass is 16.3. The fraction of sp³-hybridized carbons (Fsp3) is 0.417. The molecule has 1 heterocycles. The van der Waals surface area contributed by atoms with Crippen LogP contribution in [0.5, 0.6) is 11.5 Å². The van der Waals surface area contributed by atoms with Gasteiger partial charge in [-0.3, -0.25) is 24.5 Å². The van der Waals surface area contributed by atoms with Gasteiger partial charge in [-0.05, 0) is 24.3 Å². The smallest absolute Gasteiger partial charge is 0.189 e. The van der Waals surface area contributed by atoms with Gasteiger partial charge in [0.05, 0.1) is 65.5 Å². The molecule has 0 fully saturated rings. The van der Waals surface area contributed by atoms with Crippen molar-refractivity contribution in [2.45, 2.75) is 6.54 Å². The summed E-state index contributed by atoms with van der Waals surface area (Å²) >= 11 is 0. The second-order valence-electron chi connectivity index (χ2n) is 8.32. The van der Waals surface area contributed by atoms with Crippen molar-refractivity contribution in [3.8, 4) is 11.5 Å². The van der Waals surface area contributed by atoms with Crippen LogP contribution in [0, 0.1) is 0 Å². The van der Waals surface area contributed by atoms with E-state index in [0.29, 0.717) is 67.5 Å². The zero-order valence-corrected chi connectivity index (χ0v) is 19.4. The topological polar surface area (TPSA) is 167 Å². The average molecular weight is 486 g/mol. The number of aliphatic hydroxyl groups excluding tert-OH is 3. The summed E-state index contributed by atoms with van der Waals surface area (Å²) in [6.45, 7) is 3.21. The molecule has 11 heteroatoms. The third-order valence-electron chi connectivity index (χ3n) is 6.15. The number of nitrogens with one attached hydrogen (secondary N) is 2. The van der Waals surface area contributed by atoms with Crippen LogP contribution in [0.3, 0.4) is 0 Å². The van der Waals surface area contributed by atoms with Crippen molar-refractivity contribution in [1.82, 2.24) is 20.0 Å². The van der Waals surface area contributed by atoms with Gasteiger partial charge in [-0.25, -0.2) is 0 Å². The third-order valence-corrected chi connectivity index (χ3v) is 6.15. The fourth-order valence-corrected chi connectivity index (χ4v) is 4.55. The standard InChI is InChI=1S/C24H31N5O6/c30-12-7-25-5-9-29-16-2-1-15(26-6-8-28(10-13-31)11-14-32)19-20(16)23(27-29)21-17(33)3-4-18(34)22(21)24(19)35/h1-4,25,27,30-32,34-35H,5-14H2. The molecule has 0 aliphatic carbocycles. The van der Waals surface area contributed by atoms with E-state index in [9.17, 15) is 25.2 Å².